The first-order chi connectivity index (χ1) is 64.5. The van der Waals surface area contributed by atoms with E-state index in [1.165, 1.54) is 162 Å². The number of hydrogen-bond donors (Lipinski definition) is 0. The summed E-state index contributed by atoms with van der Waals surface area (Å²) in [7, 11) is 12.8. The largest absolute Gasteiger partial charge is 0.216 e. The summed E-state index contributed by atoms with van der Waals surface area (Å²) in [6.07, 6.45) is 26.7. The monoisotopic (exact) mass is 1740 g/mol. The Kier molecular flexibility index (Phi) is 20.7. The van der Waals surface area contributed by atoms with E-state index in [9.17, 15) is 1.37 Å². The van der Waals surface area contributed by atoms with Gasteiger partial charge < -0.3 is 0 Å². The van der Waals surface area contributed by atoms with Gasteiger partial charge in [0.1, 0.15) is 42.3 Å². The Hall–Kier alpha value is -9.78. The predicted octanol–water partition coefficient (Wildman–Crippen LogP) is 27.8. The Labute approximate surface area is 796 Å². The van der Waals surface area contributed by atoms with Crippen LogP contribution in [0.2, 0.25) is 0 Å². The van der Waals surface area contributed by atoms with Crippen LogP contribution in [0.5, 0.6) is 0 Å². The standard InChI is InChI=1S/2C22H28N.2C21H28N.2C19H22N/c2*1-14-7-8-16(15(2)11-14)20-12-17-18-9-10-22(5,21(18,3)4)19(17)13-23(20)6;1-14-8-9-16(15(2)10-14)19-11-17-18(12-22(19)7)21(5,6)13-20(17,3)4;1-14-8-9-16(15(2)12-14)19-18-17(10-11-22(19)7)20(3,4)13-21(18,5)6;2*1-12-4-7-16(13(2)10-12)19-18-15-6-5-14(11-15)17(18)8-9-20(19)3/h2*7-8,11-13,18H,9-10H2,1-6H3;2*8-12H,13H2,1-7H3;2*4,7-10,14-15H,5-6,11H2,1-3H3/q6*+1/i1D3,18D;;;;1D3,14D,15D;. The molecule has 0 amide bonds. The molecule has 8 bridgehead atoms. The molecule has 0 radical (unpaired) electrons. The molecule has 0 saturated heterocycles. The Morgan fingerprint density at radius 1 is 0.300 bits per heavy atom. The van der Waals surface area contributed by atoms with E-state index in [0.717, 1.165) is 81.4 Å². The maximum Gasteiger partial charge on any atom is 0.216 e. The molecule has 12 aromatic rings. The van der Waals surface area contributed by atoms with Gasteiger partial charge in [-0.25, -0.2) is 27.4 Å². The lowest BCUT2D eigenvalue weighted by molar-refractivity contribution is -0.661. The minimum absolute atomic E-state index is 0.0283. The normalized spacial score (nSPS) is 25.9. The highest BCUT2D eigenvalue weighted by Crippen LogP contribution is 2.69. The van der Waals surface area contributed by atoms with Crippen molar-refractivity contribution in [3.05, 3.63) is 316 Å². The minimum atomic E-state index is -2.12. The van der Waals surface area contributed by atoms with Crippen LogP contribution in [0, 0.1) is 93.8 Å². The van der Waals surface area contributed by atoms with Crippen LogP contribution in [0.3, 0.4) is 0 Å². The Morgan fingerprint density at radius 2 is 0.685 bits per heavy atom. The fourth-order valence-electron chi connectivity index (χ4n) is 27.3. The zero-order chi connectivity index (χ0) is 101. The van der Waals surface area contributed by atoms with Crippen molar-refractivity contribution in [1.29, 1.82) is 0 Å². The fourth-order valence-corrected chi connectivity index (χ4v) is 27.3. The molecule has 0 N–H and O–H groups in total. The highest BCUT2D eigenvalue weighted by Gasteiger charge is 2.62. The molecule has 4 fully saturated rings. The average Bonchev–Trinajstić information content (AvgIpc) is 1.51. The summed E-state index contributed by atoms with van der Waals surface area (Å²) >= 11 is 0. The van der Waals surface area contributed by atoms with E-state index in [1.54, 1.807) is 46.5 Å². The van der Waals surface area contributed by atoms with Crippen molar-refractivity contribution in [2.75, 3.05) is 0 Å². The Morgan fingerprint density at radius 3 is 1.20 bits per heavy atom. The molecule has 4 saturated carbocycles. The van der Waals surface area contributed by atoms with Crippen LogP contribution in [0.4, 0.5) is 0 Å². The molecule has 6 aromatic carbocycles. The molecule has 6 heterocycles. The third kappa shape index (κ3) is 15.5. The summed E-state index contributed by atoms with van der Waals surface area (Å²) in [4.78, 5) is 0. The second kappa shape index (κ2) is 33.1. The second-order valence-corrected chi connectivity index (χ2v) is 46.0. The van der Waals surface area contributed by atoms with Gasteiger partial charge >= 0.3 is 0 Å². The van der Waals surface area contributed by atoms with E-state index in [4.69, 9.17) is 11.0 Å². The van der Waals surface area contributed by atoms with Gasteiger partial charge in [-0.2, -0.15) is 0 Å². The van der Waals surface area contributed by atoms with Crippen molar-refractivity contribution in [3.8, 4) is 67.5 Å². The van der Waals surface area contributed by atoms with Gasteiger partial charge in [0, 0.05) is 126 Å². The van der Waals surface area contributed by atoms with E-state index in [0.29, 0.717) is 40.7 Å². The molecule has 130 heavy (non-hydrogen) atoms. The molecule has 676 valence electrons. The van der Waals surface area contributed by atoms with Gasteiger partial charge in [0.2, 0.25) is 34.2 Å². The molecule has 6 heteroatoms. The van der Waals surface area contributed by atoms with Crippen molar-refractivity contribution < 1.29 is 39.7 Å². The summed E-state index contributed by atoms with van der Waals surface area (Å²) in [5.74, 6) is 0.437. The van der Waals surface area contributed by atoms with Gasteiger partial charge in [-0.15, -0.1) is 0 Å². The molecular formula is C124H156N6+6. The van der Waals surface area contributed by atoms with Gasteiger partial charge in [0.15, 0.2) is 37.2 Å². The van der Waals surface area contributed by atoms with E-state index in [2.05, 4.69) is 337 Å². The number of hydrogen-bond acceptors (Lipinski definition) is 0. The molecule has 10 aliphatic carbocycles. The van der Waals surface area contributed by atoms with Gasteiger partial charge in [0.05, 0.1) is 0 Å². The van der Waals surface area contributed by atoms with Crippen LogP contribution in [0.15, 0.2) is 183 Å². The first kappa shape index (κ1) is 81.0. The van der Waals surface area contributed by atoms with E-state index >= 15 is 0 Å². The number of aryl methyl sites for hydroxylation is 18. The summed E-state index contributed by atoms with van der Waals surface area (Å²) in [5.41, 5.74) is 47.0. The maximum atomic E-state index is 9.30. The molecule has 8 unspecified atom stereocenters. The van der Waals surface area contributed by atoms with Crippen molar-refractivity contribution in [2.45, 2.75) is 325 Å². The number of aromatic nitrogens is 6. The van der Waals surface area contributed by atoms with Crippen LogP contribution in [0.1, 0.15) is 355 Å². The van der Waals surface area contributed by atoms with Crippen molar-refractivity contribution >= 4 is 0 Å². The maximum absolute atomic E-state index is 9.30. The van der Waals surface area contributed by atoms with Crippen LogP contribution in [-0.2, 0) is 74.8 Å². The van der Waals surface area contributed by atoms with E-state index in [-0.39, 0.29) is 32.5 Å². The molecule has 6 nitrogen and oxygen atoms in total. The molecule has 8 atom stereocenters. The average molecular weight is 1740 g/mol. The van der Waals surface area contributed by atoms with E-state index in [1.807, 2.05) is 56.9 Å². The highest BCUT2D eigenvalue weighted by molar-refractivity contribution is 5.73. The summed E-state index contributed by atoms with van der Waals surface area (Å²) in [6, 6.07) is 51.7. The van der Waals surface area contributed by atoms with Gasteiger partial charge in [-0.1, -0.05) is 203 Å². The van der Waals surface area contributed by atoms with Gasteiger partial charge in [-0.3, -0.25) is 0 Å². The number of nitrogens with zero attached hydrogens (tertiary/aromatic N) is 6. The van der Waals surface area contributed by atoms with Gasteiger partial charge in [-0.05, 0) is 331 Å². The SMILES string of the molecule is Cc1ccc(-c2c3c(cc[n+]2C)C(C)(C)CC3(C)C)c(C)c1.Cc1ccc(-c2c3c(cc[n+]2C)C2CCC3C2)c(C)c1.Cc1ccc(-c2cc3c(c[n+]2C)C(C)(C)CC3(C)C)c(C)c1.Cc1ccc(-c2cc3c(c[n+]2C)C2(C)CCC3C2(C)C)c(C)c1.[2H]C([2H])([2H])c1ccc(-c2c3c(cc[n+]2C)C2([2H])CCC3([2H])C2)c(C)c1.[2H]C([2H])([2H])c1ccc(-c2cc3c(c[n+]2C)C2(C)CCC3([2H])C2(C)C)c(C)c1. The molecule has 6 aromatic heterocycles. The van der Waals surface area contributed by atoms with Crippen LogP contribution in [0.25, 0.3) is 67.5 Å². The fraction of sp³-hybridized carbons (Fsp3) is 0.468. The Bertz CT molecular complexity index is 7010. The van der Waals surface area contributed by atoms with Crippen molar-refractivity contribution in [2.24, 2.45) is 53.1 Å². The van der Waals surface area contributed by atoms with Crippen molar-refractivity contribution in [1.82, 2.24) is 0 Å². The molecule has 0 spiro atoms. The number of fused-ring (bicyclic) bond motifs is 22. The quantitative estimate of drug-likeness (QED) is 0.148. The number of benzene rings is 6. The first-order valence-corrected chi connectivity index (χ1v) is 48.8. The lowest BCUT2D eigenvalue weighted by atomic mass is 9.69. The van der Waals surface area contributed by atoms with Gasteiger partial charge in [0.25, 0.3) is 0 Å². The smallest absolute Gasteiger partial charge is 0.201 e. The van der Waals surface area contributed by atoms with Crippen molar-refractivity contribution in [3.63, 3.8) is 0 Å². The second-order valence-electron chi connectivity index (χ2n) is 46.0. The summed E-state index contributed by atoms with van der Waals surface area (Å²) in [6.45, 7) is 50.5. The topological polar surface area (TPSA) is 23.3 Å². The molecule has 22 rings (SSSR count). The lowest BCUT2D eigenvalue weighted by Gasteiger charge is -2.34. The predicted molar refractivity (Wildman–Crippen MR) is 541 cm³/mol. The minimum Gasteiger partial charge on any atom is -0.201 e. The Balaban J connectivity index is 0.000000115. The summed E-state index contributed by atoms with van der Waals surface area (Å²) < 4.78 is 86.2. The molecule has 0 aliphatic heterocycles. The third-order valence-corrected chi connectivity index (χ3v) is 34.4. The zero-order valence-corrected chi connectivity index (χ0v) is 84.7. The third-order valence-electron chi connectivity index (χ3n) is 34.4. The highest BCUT2D eigenvalue weighted by atomic mass is 15.0. The van der Waals surface area contributed by atoms with E-state index < -0.39 is 31.4 Å². The number of pyridine rings is 6. The van der Waals surface area contributed by atoms with Crippen LogP contribution in [-0.4, -0.2) is 0 Å². The van der Waals surface area contributed by atoms with Crippen LogP contribution >= 0.6 is 0 Å². The molecule has 10 aliphatic rings. The zero-order valence-electron chi connectivity index (χ0n) is 93.7. The van der Waals surface area contributed by atoms with Crippen LogP contribution < -0.4 is 27.4 Å². The first-order valence-electron chi connectivity index (χ1n) is 53.3. The molecular weight excluding hydrogens is 1570 g/mol. The summed E-state index contributed by atoms with van der Waals surface area (Å²) in [5, 5.41) is 0. The lowest BCUT2D eigenvalue weighted by Crippen LogP contribution is -2.36. The number of rotatable bonds is 6.